The highest BCUT2D eigenvalue weighted by Gasteiger charge is 2.39. The molecule has 0 fully saturated rings. The Morgan fingerprint density at radius 2 is 1.37 bits per heavy atom. The number of unbranched alkanes of at least 4 members (excludes halogenated alkanes) is 1. The van der Waals surface area contributed by atoms with Crippen molar-refractivity contribution in [3.05, 3.63) is 35.4 Å². The Morgan fingerprint density at radius 3 is 1.90 bits per heavy atom. The third kappa shape index (κ3) is 12.6. The number of hydrogen-bond acceptors (Lipinski definition) is 5. The summed E-state index contributed by atoms with van der Waals surface area (Å²) >= 11 is 8.89. The summed E-state index contributed by atoms with van der Waals surface area (Å²) in [6.07, 6.45) is 3.59. The molecule has 1 rings (SSSR count). The predicted molar refractivity (Wildman–Crippen MR) is 151 cm³/mol. The van der Waals surface area contributed by atoms with E-state index in [1.165, 1.54) is 30.0 Å². The topological polar surface area (TPSA) is 18.5 Å². The first-order valence-corrected chi connectivity index (χ1v) is 22.6. The van der Waals surface area contributed by atoms with Crippen molar-refractivity contribution in [2.45, 2.75) is 90.2 Å². The third-order valence-electron chi connectivity index (χ3n) is 4.83. The molecule has 0 aromatic heterocycles. The van der Waals surface area contributed by atoms with Crippen LogP contribution in [0.4, 0.5) is 0 Å². The molecular formula is C22H42O2S3Si3. The van der Waals surface area contributed by atoms with Crippen molar-refractivity contribution in [1.82, 2.24) is 0 Å². The molecule has 0 N–H and O–H groups in total. The Morgan fingerprint density at radius 1 is 0.833 bits per heavy atom. The van der Waals surface area contributed by atoms with Crippen LogP contribution in [0.15, 0.2) is 24.3 Å². The standard InChI is InChI=1S/C22H42O2S3Si3/c1-9-11-17-28(3,4)23-30(7,8)24-29(5,6)18-16-20-12-14-21(15-13-20)19-27-22(25)26-10-2/h12-15H,9-11,16-19H2,1-8H3. The van der Waals surface area contributed by atoms with Gasteiger partial charge in [-0.15, -0.1) is 23.5 Å². The summed E-state index contributed by atoms with van der Waals surface area (Å²) in [5.74, 6) is 2.01. The van der Waals surface area contributed by atoms with Crippen molar-refractivity contribution in [2.75, 3.05) is 5.75 Å². The number of benzene rings is 1. The van der Waals surface area contributed by atoms with Gasteiger partial charge in [0.2, 0.25) is 0 Å². The SMILES string of the molecule is CCCC[Si](C)(C)O[Si](C)(C)O[Si](C)(C)CCc1ccc(CSC(=S)SCC)cc1. The summed E-state index contributed by atoms with van der Waals surface area (Å²) in [6, 6.07) is 11.4. The van der Waals surface area contributed by atoms with E-state index >= 15 is 0 Å². The lowest BCUT2D eigenvalue weighted by molar-refractivity contribution is 0.387. The lowest BCUT2D eigenvalue weighted by Crippen LogP contribution is -2.52. The second-order valence-corrected chi connectivity index (χ2v) is 25.4. The van der Waals surface area contributed by atoms with E-state index in [0.29, 0.717) is 0 Å². The van der Waals surface area contributed by atoms with Gasteiger partial charge in [-0.2, -0.15) is 0 Å². The van der Waals surface area contributed by atoms with Crippen molar-refractivity contribution in [3.8, 4) is 0 Å². The minimum atomic E-state index is -2.09. The zero-order valence-corrected chi connectivity index (χ0v) is 25.7. The maximum atomic E-state index is 6.74. The molecule has 0 unspecified atom stereocenters. The molecule has 30 heavy (non-hydrogen) atoms. The quantitative estimate of drug-likeness (QED) is 0.192. The largest absolute Gasteiger partial charge is 0.437 e. The van der Waals surface area contributed by atoms with E-state index < -0.39 is 25.2 Å². The molecule has 2 nitrogen and oxygen atoms in total. The normalized spacial score (nSPS) is 12.9. The van der Waals surface area contributed by atoms with Crippen molar-refractivity contribution in [2.24, 2.45) is 0 Å². The molecule has 0 saturated heterocycles. The summed E-state index contributed by atoms with van der Waals surface area (Å²) in [4.78, 5) is 0. The van der Waals surface area contributed by atoms with Gasteiger partial charge in [0, 0.05) is 5.75 Å². The van der Waals surface area contributed by atoms with Crippen molar-refractivity contribution in [3.63, 3.8) is 0 Å². The van der Waals surface area contributed by atoms with Gasteiger partial charge in [0.1, 0.15) is 3.53 Å². The number of rotatable bonds is 13. The summed E-state index contributed by atoms with van der Waals surface area (Å²) < 4.78 is 14.5. The number of thiocarbonyl (C=S) groups is 1. The fraction of sp³-hybridized carbons (Fsp3) is 0.682. The van der Waals surface area contributed by atoms with Crippen LogP contribution in [-0.2, 0) is 20.4 Å². The molecule has 8 heteroatoms. The molecule has 1 aromatic carbocycles. The molecule has 0 bridgehead atoms. The van der Waals surface area contributed by atoms with E-state index in [9.17, 15) is 0 Å². The maximum absolute atomic E-state index is 6.74. The lowest BCUT2D eigenvalue weighted by Gasteiger charge is -2.38. The number of aryl methyl sites for hydroxylation is 1. The summed E-state index contributed by atoms with van der Waals surface area (Å²) in [5.41, 5.74) is 2.74. The van der Waals surface area contributed by atoms with Gasteiger partial charge >= 0.3 is 8.56 Å². The van der Waals surface area contributed by atoms with Crippen LogP contribution < -0.4 is 0 Å². The van der Waals surface area contributed by atoms with Gasteiger partial charge in [-0.1, -0.05) is 63.2 Å². The van der Waals surface area contributed by atoms with Gasteiger partial charge < -0.3 is 8.23 Å². The lowest BCUT2D eigenvalue weighted by atomic mass is 10.1. The molecule has 0 aliphatic carbocycles. The zero-order chi connectivity index (χ0) is 22.8. The highest BCUT2D eigenvalue weighted by molar-refractivity contribution is 8.46. The van der Waals surface area contributed by atoms with Gasteiger partial charge in [-0.3, -0.25) is 0 Å². The molecule has 0 saturated carbocycles. The molecule has 0 amide bonds. The van der Waals surface area contributed by atoms with Gasteiger partial charge in [0.15, 0.2) is 16.6 Å². The Balaban J connectivity index is 2.54. The summed E-state index contributed by atoms with van der Waals surface area (Å²) in [6.45, 7) is 18.3. The first-order chi connectivity index (χ1) is 13.9. The second-order valence-electron chi connectivity index (χ2n) is 9.52. The average molecular weight is 519 g/mol. The van der Waals surface area contributed by atoms with Crippen LogP contribution in [0.1, 0.15) is 37.8 Å². The van der Waals surface area contributed by atoms with Crippen LogP contribution >= 0.6 is 35.7 Å². The third-order valence-corrected chi connectivity index (χ3v) is 18.9. The van der Waals surface area contributed by atoms with Gasteiger partial charge in [0.25, 0.3) is 0 Å². The van der Waals surface area contributed by atoms with E-state index in [-0.39, 0.29) is 0 Å². The molecule has 172 valence electrons. The molecule has 1 aromatic rings. The van der Waals surface area contributed by atoms with E-state index in [4.69, 9.17) is 20.4 Å². The fourth-order valence-corrected chi connectivity index (χ4v) is 19.8. The van der Waals surface area contributed by atoms with Gasteiger partial charge in [0.05, 0.1) is 0 Å². The molecule has 0 spiro atoms. The first kappa shape index (κ1) is 28.6. The maximum Gasteiger partial charge on any atom is 0.311 e. The Bertz CT molecular complexity index is 650. The van der Waals surface area contributed by atoms with E-state index in [2.05, 4.69) is 77.4 Å². The summed E-state index contributed by atoms with van der Waals surface area (Å²) in [7, 11) is -5.49. The minimum Gasteiger partial charge on any atom is -0.437 e. The van der Waals surface area contributed by atoms with Crippen LogP contribution in [0.5, 0.6) is 0 Å². The van der Waals surface area contributed by atoms with Crippen LogP contribution in [0.3, 0.4) is 0 Å². The number of thioether (sulfide) groups is 2. The molecule has 0 atom stereocenters. The smallest absolute Gasteiger partial charge is 0.311 e. The molecule has 0 heterocycles. The van der Waals surface area contributed by atoms with E-state index in [0.717, 1.165) is 27.5 Å². The Kier molecular flexibility index (Phi) is 12.7. The summed E-state index contributed by atoms with van der Waals surface area (Å²) in [5, 5.41) is 0. The minimum absolute atomic E-state index is 0.963. The highest BCUT2D eigenvalue weighted by Crippen LogP contribution is 2.27. The Labute approximate surface area is 203 Å². The second kappa shape index (κ2) is 13.3. The average Bonchev–Trinajstić information content (AvgIpc) is 2.62. The highest BCUT2D eigenvalue weighted by atomic mass is 32.2. The van der Waals surface area contributed by atoms with E-state index in [1.54, 1.807) is 23.5 Å². The van der Waals surface area contributed by atoms with Crippen LogP contribution in [-0.4, -0.2) is 34.5 Å². The number of hydrogen-bond donors (Lipinski definition) is 0. The zero-order valence-electron chi connectivity index (χ0n) is 20.3. The monoisotopic (exact) mass is 518 g/mol. The molecule has 0 aliphatic heterocycles. The van der Waals surface area contributed by atoms with Crippen LogP contribution in [0.2, 0.25) is 51.4 Å². The fourth-order valence-electron chi connectivity index (χ4n) is 3.61. The predicted octanol–water partition coefficient (Wildman–Crippen LogP) is 8.45. The van der Waals surface area contributed by atoms with Crippen molar-refractivity contribution in [1.29, 1.82) is 0 Å². The van der Waals surface area contributed by atoms with Crippen LogP contribution in [0.25, 0.3) is 0 Å². The van der Waals surface area contributed by atoms with E-state index in [1.807, 2.05) is 0 Å². The van der Waals surface area contributed by atoms with Gasteiger partial charge in [-0.05, 0) is 74.7 Å². The van der Waals surface area contributed by atoms with Crippen molar-refractivity contribution >= 4 is 64.5 Å². The molecule has 0 radical (unpaired) electrons. The molecular weight excluding hydrogens is 477 g/mol. The first-order valence-electron chi connectivity index (χ1n) is 11.2. The van der Waals surface area contributed by atoms with Crippen molar-refractivity contribution < 1.29 is 8.23 Å². The Hall–Kier alpha value is 0.581. The molecule has 0 aliphatic rings. The van der Waals surface area contributed by atoms with Gasteiger partial charge in [-0.25, -0.2) is 0 Å². The van der Waals surface area contributed by atoms with Crippen LogP contribution in [0, 0.1) is 0 Å².